The zero-order chi connectivity index (χ0) is 13.7. The predicted molar refractivity (Wildman–Crippen MR) is 76.9 cm³/mol. The van der Waals surface area contributed by atoms with Gasteiger partial charge in [0.15, 0.2) is 0 Å². The number of methoxy groups -OCH3 is 1. The third-order valence-electron chi connectivity index (χ3n) is 2.84. The lowest BCUT2D eigenvalue weighted by Crippen LogP contribution is -2.39. The molecule has 0 atom stereocenters. The van der Waals surface area contributed by atoms with Gasteiger partial charge in [0.2, 0.25) is 0 Å². The van der Waals surface area contributed by atoms with Crippen LogP contribution in [0.3, 0.4) is 0 Å². The van der Waals surface area contributed by atoms with Crippen LogP contribution in [0.5, 0.6) is 0 Å². The van der Waals surface area contributed by atoms with Crippen molar-refractivity contribution in [3.05, 3.63) is 33.8 Å². The molecule has 18 heavy (non-hydrogen) atoms. The summed E-state index contributed by atoms with van der Waals surface area (Å²) < 4.78 is 5.93. The van der Waals surface area contributed by atoms with Gasteiger partial charge in [-0.25, -0.2) is 0 Å². The van der Waals surface area contributed by atoms with Crippen molar-refractivity contribution in [3.8, 4) is 0 Å². The summed E-state index contributed by atoms with van der Waals surface area (Å²) in [4.78, 5) is 14.3. The van der Waals surface area contributed by atoms with Crippen LogP contribution in [0.25, 0.3) is 0 Å². The van der Waals surface area contributed by atoms with Crippen LogP contribution in [-0.4, -0.2) is 37.1 Å². The van der Waals surface area contributed by atoms with Crippen molar-refractivity contribution in [2.45, 2.75) is 26.8 Å². The van der Waals surface area contributed by atoms with Gasteiger partial charge in [-0.1, -0.05) is 12.1 Å². The van der Waals surface area contributed by atoms with E-state index in [2.05, 4.69) is 15.9 Å². The molecule has 0 aliphatic heterocycles. The Labute approximate surface area is 117 Å². The second-order valence-electron chi connectivity index (χ2n) is 4.52. The zero-order valence-corrected chi connectivity index (χ0v) is 13.0. The summed E-state index contributed by atoms with van der Waals surface area (Å²) in [6.45, 7) is 7.16. The lowest BCUT2D eigenvalue weighted by molar-refractivity contribution is 0.0634. The highest BCUT2D eigenvalue weighted by Crippen LogP contribution is 2.23. The summed E-state index contributed by atoms with van der Waals surface area (Å²) in [6.07, 6.45) is 0. The normalized spacial score (nSPS) is 10.8. The van der Waals surface area contributed by atoms with E-state index in [1.54, 1.807) is 7.11 Å². The number of hydrogen-bond donors (Lipinski definition) is 0. The molecule has 1 aromatic rings. The van der Waals surface area contributed by atoms with E-state index in [1.165, 1.54) is 0 Å². The van der Waals surface area contributed by atoms with Crippen LogP contribution in [-0.2, 0) is 4.74 Å². The number of amides is 1. The van der Waals surface area contributed by atoms with E-state index >= 15 is 0 Å². The number of carbonyl (C=O) groups excluding carboxylic acids is 1. The average Bonchev–Trinajstić information content (AvgIpc) is 2.32. The molecule has 0 unspecified atom stereocenters. The van der Waals surface area contributed by atoms with E-state index in [0.29, 0.717) is 18.7 Å². The van der Waals surface area contributed by atoms with Crippen molar-refractivity contribution in [1.29, 1.82) is 0 Å². The second kappa shape index (κ2) is 6.90. The molecule has 0 aliphatic rings. The minimum absolute atomic E-state index is 0.0395. The van der Waals surface area contributed by atoms with Gasteiger partial charge in [0.05, 0.1) is 12.2 Å². The fraction of sp³-hybridized carbons (Fsp3) is 0.500. The van der Waals surface area contributed by atoms with Crippen LogP contribution >= 0.6 is 15.9 Å². The highest BCUT2D eigenvalue weighted by Gasteiger charge is 2.20. The van der Waals surface area contributed by atoms with Gasteiger partial charge in [0, 0.05) is 24.2 Å². The summed E-state index contributed by atoms with van der Waals surface area (Å²) >= 11 is 3.49. The molecule has 0 radical (unpaired) electrons. The Morgan fingerprint density at radius 3 is 2.67 bits per heavy atom. The Balaban J connectivity index is 2.98. The molecule has 0 bridgehead atoms. The fourth-order valence-electron chi connectivity index (χ4n) is 1.75. The molecule has 0 saturated heterocycles. The summed E-state index contributed by atoms with van der Waals surface area (Å²) in [7, 11) is 1.64. The van der Waals surface area contributed by atoms with Gasteiger partial charge in [-0.3, -0.25) is 4.79 Å². The van der Waals surface area contributed by atoms with Crippen LogP contribution in [0, 0.1) is 6.92 Å². The van der Waals surface area contributed by atoms with Gasteiger partial charge >= 0.3 is 0 Å². The van der Waals surface area contributed by atoms with Crippen molar-refractivity contribution in [1.82, 2.24) is 4.90 Å². The van der Waals surface area contributed by atoms with E-state index in [9.17, 15) is 4.79 Å². The third-order valence-corrected chi connectivity index (χ3v) is 3.90. The number of nitrogens with zero attached hydrogens (tertiary/aromatic N) is 1. The van der Waals surface area contributed by atoms with Crippen molar-refractivity contribution in [2.24, 2.45) is 0 Å². The van der Waals surface area contributed by atoms with Crippen molar-refractivity contribution < 1.29 is 9.53 Å². The van der Waals surface area contributed by atoms with E-state index in [4.69, 9.17) is 4.74 Å². The fourth-order valence-corrected chi connectivity index (χ4v) is 2.19. The van der Waals surface area contributed by atoms with Crippen molar-refractivity contribution in [3.63, 3.8) is 0 Å². The number of carbonyl (C=O) groups is 1. The molecule has 1 rings (SSSR count). The molecule has 0 fully saturated rings. The van der Waals surface area contributed by atoms with Gasteiger partial charge < -0.3 is 9.64 Å². The van der Waals surface area contributed by atoms with Crippen molar-refractivity contribution >= 4 is 21.8 Å². The van der Waals surface area contributed by atoms with Gasteiger partial charge in [0.25, 0.3) is 5.91 Å². The number of ether oxygens (including phenoxy) is 1. The maximum Gasteiger partial charge on any atom is 0.255 e. The second-order valence-corrected chi connectivity index (χ2v) is 5.31. The summed E-state index contributed by atoms with van der Waals surface area (Å²) in [5, 5.41) is 0. The molecule has 4 heteroatoms. The minimum atomic E-state index is 0.0395. The van der Waals surface area contributed by atoms with Gasteiger partial charge in [-0.15, -0.1) is 0 Å². The Morgan fingerprint density at radius 2 is 2.11 bits per heavy atom. The number of rotatable bonds is 5. The average molecular weight is 314 g/mol. The smallest absolute Gasteiger partial charge is 0.255 e. The molecule has 100 valence electrons. The molecule has 0 spiro atoms. The van der Waals surface area contributed by atoms with Crippen LogP contribution in [0.1, 0.15) is 29.8 Å². The van der Waals surface area contributed by atoms with Crippen LogP contribution in [0.2, 0.25) is 0 Å². The molecular formula is C14H20BrNO2. The van der Waals surface area contributed by atoms with Gasteiger partial charge in [-0.2, -0.15) is 0 Å². The van der Waals surface area contributed by atoms with E-state index < -0.39 is 0 Å². The third kappa shape index (κ3) is 3.56. The first-order chi connectivity index (χ1) is 8.49. The summed E-state index contributed by atoms with van der Waals surface area (Å²) in [5.41, 5.74) is 1.77. The number of halogens is 1. The lowest BCUT2D eigenvalue weighted by atomic mass is 10.1. The number of aryl methyl sites for hydroxylation is 1. The molecule has 0 N–H and O–H groups in total. The Morgan fingerprint density at radius 1 is 1.44 bits per heavy atom. The molecule has 3 nitrogen and oxygen atoms in total. The minimum Gasteiger partial charge on any atom is -0.383 e. The quantitative estimate of drug-likeness (QED) is 0.835. The molecular weight excluding hydrogens is 294 g/mol. The molecule has 0 heterocycles. The van der Waals surface area contributed by atoms with E-state index in [1.807, 2.05) is 43.9 Å². The lowest BCUT2D eigenvalue weighted by Gasteiger charge is -2.27. The molecule has 0 aromatic heterocycles. The first kappa shape index (κ1) is 15.2. The van der Waals surface area contributed by atoms with Crippen LogP contribution in [0.15, 0.2) is 22.7 Å². The SMILES string of the molecule is COCCN(C(=O)c1cccc(C)c1Br)C(C)C. The standard InChI is InChI=1S/C14H20BrNO2/c1-10(2)16(8-9-18-4)14(17)12-7-5-6-11(3)13(12)15/h5-7,10H,8-9H2,1-4H3. The molecule has 0 saturated carbocycles. The first-order valence-corrected chi connectivity index (χ1v) is 6.83. The monoisotopic (exact) mass is 313 g/mol. The van der Waals surface area contributed by atoms with E-state index in [0.717, 1.165) is 10.0 Å². The molecule has 0 aliphatic carbocycles. The predicted octanol–water partition coefficient (Wildman–Crippen LogP) is 3.25. The summed E-state index contributed by atoms with van der Waals surface area (Å²) in [5.74, 6) is 0.0395. The largest absolute Gasteiger partial charge is 0.383 e. The number of benzene rings is 1. The maximum absolute atomic E-state index is 12.5. The van der Waals surface area contributed by atoms with Gasteiger partial charge in [0.1, 0.15) is 0 Å². The number of hydrogen-bond acceptors (Lipinski definition) is 2. The van der Waals surface area contributed by atoms with E-state index in [-0.39, 0.29) is 11.9 Å². The van der Waals surface area contributed by atoms with Gasteiger partial charge in [-0.05, 0) is 48.3 Å². The Hall–Kier alpha value is -0.870. The van der Waals surface area contributed by atoms with Crippen molar-refractivity contribution in [2.75, 3.05) is 20.3 Å². The first-order valence-electron chi connectivity index (χ1n) is 6.04. The summed E-state index contributed by atoms with van der Waals surface area (Å²) in [6, 6.07) is 5.89. The van der Waals surface area contributed by atoms with Crippen LogP contribution in [0.4, 0.5) is 0 Å². The highest BCUT2D eigenvalue weighted by atomic mass is 79.9. The molecule has 1 amide bonds. The zero-order valence-electron chi connectivity index (χ0n) is 11.4. The maximum atomic E-state index is 12.5. The molecule has 1 aromatic carbocycles. The Kier molecular flexibility index (Phi) is 5.82. The highest BCUT2D eigenvalue weighted by molar-refractivity contribution is 9.10. The Bertz CT molecular complexity index is 418. The van der Waals surface area contributed by atoms with Crippen LogP contribution < -0.4 is 0 Å². The topological polar surface area (TPSA) is 29.5 Å².